The summed E-state index contributed by atoms with van der Waals surface area (Å²) in [6, 6.07) is 0.479. The van der Waals surface area contributed by atoms with E-state index in [0.29, 0.717) is 30.4 Å². The van der Waals surface area contributed by atoms with Crippen LogP contribution >= 0.6 is 0 Å². The van der Waals surface area contributed by atoms with E-state index < -0.39 is 6.10 Å². The summed E-state index contributed by atoms with van der Waals surface area (Å²) in [5.74, 6) is 1.61. The lowest BCUT2D eigenvalue weighted by Gasteiger charge is -2.31. The van der Waals surface area contributed by atoms with Gasteiger partial charge < -0.3 is 10.1 Å². The first-order valence-electron chi connectivity index (χ1n) is 11.0. The molecule has 0 aromatic heterocycles. The van der Waals surface area contributed by atoms with Crippen molar-refractivity contribution in [2.45, 2.75) is 79.4 Å². The van der Waals surface area contributed by atoms with Crippen molar-refractivity contribution in [2.75, 3.05) is 13.2 Å². The molecule has 5 atom stereocenters. The summed E-state index contributed by atoms with van der Waals surface area (Å²) in [7, 11) is 0. The van der Waals surface area contributed by atoms with Crippen molar-refractivity contribution in [3.8, 4) is 0 Å². The van der Waals surface area contributed by atoms with Gasteiger partial charge in [0.25, 0.3) is 0 Å². The molecule has 0 aromatic carbocycles. The van der Waals surface area contributed by atoms with E-state index >= 15 is 0 Å². The Morgan fingerprint density at radius 3 is 2.44 bits per heavy atom. The van der Waals surface area contributed by atoms with Crippen LogP contribution in [0.4, 0.5) is 4.39 Å². The van der Waals surface area contributed by atoms with Crippen LogP contribution in [0.1, 0.15) is 67.2 Å². The molecule has 1 N–H and O–H groups in total. The van der Waals surface area contributed by atoms with Gasteiger partial charge in [0, 0.05) is 18.6 Å². The van der Waals surface area contributed by atoms with Crippen LogP contribution in [-0.4, -0.2) is 25.3 Å². The number of hydrogen-bond acceptors (Lipinski definition) is 2. The van der Waals surface area contributed by atoms with E-state index in [4.69, 9.17) is 4.74 Å². The molecule has 154 valence electrons. The lowest BCUT2D eigenvalue weighted by Crippen LogP contribution is -2.30. The van der Waals surface area contributed by atoms with Crippen molar-refractivity contribution < 1.29 is 9.13 Å². The van der Waals surface area contributed by atoms with Gasteiger partial charge in [-0.2, -0.15) is 0 Å². The van der Waals surface area contributed by atoms with Gasteiger partial charge in [0.2, 0.25) is 0 Å². The van der Waals surface area contributed by atoms with Crippen molar-refractivity contribution in [1.29, 1.82) is 0 Å². The zero-order chi connectivity index (χ0) is 20.0. The van der Waals surface area contributed by atoms with Gasteiger partial charge >= 0.3 is 0 Å². The fourth-order valence-corrected chi connectivity index (χ4v) is 4.27. The molecular weight excluding hydrogens is 337 g/mol. The molecule has 3 heteroatoms. The molecule has 0 amide bonds. The molecule has 0 aromatic rings. The number of ether oxygens (including phenoxy) is 1. The molecule has 0 heterocycles. The van der Waals surface area contributed by atoms with Gasteiger partial charge in [0.1, 0.15) is 11.9 Å². The lowest BCUT2D eigenvalue weighted by molar-refractivity contribution is 0.0312. The summed E-state index contributed by atoms with van der Waals surface area (Å²) in [5, 5.41) is 3.38. The fraction of sp³-hybridized carbons (Fsp3) is 0.750. The molecule has 0 aliphatic heterocycles. The largest absolute Gasteiger partial charge is 0.370 e. The second-order valence-electron chi connectivity index (χ2n) is 8.66. The Morgan fingerprint density at radius 2 is 1.89 bits per heavy atom. The van der Waals surface area contributed by atoms with Crippen LogP contribution in [0.15, 0.2) is 35.2 Å². The quantitative estimate of drug-likeness (QED) is 0.322. The molecule has 2 aliphatic carbocycles. The first kappa shape index (κ1) is 22.4. The van der Waals surface area contributed by atoms with Crippen molar-refractivity contribution >= 4 is 0 Å². The Morgan fingerprint density at radius 1 is 1.19 bits per heavy atom. The van der Waals surface area contributed by atoms with Gasteiger partial charge in [-0.1, -0.05) is 65.7 Å². The van der Waals surface area contributed by atoms with Crippen molar-refractivity contribution in [1.82, 2.24) is 5.32 Å². The zero-order valence-electron chi connectivity index (χ0n) is 18.2. The summed E-state index contributed by atoms with van der Waals surface area (Å²) in [4.78, 5) is 0. The molecule has 0 saturated carbocycles. The van der Waals surface area contributed by atoms with Crippen LogP contribution in [0.5, 0.6) is 0 Å². The van der Waals surface area contributed by atoms with Gasteiger partial charge in [0.15, 0.2) is 0 Å². The maximum atomic E-state index is 14.9. The van der Waals surface area contributed by atoms with Crippen LogP contribution in [0.25, 0.3) is 0 Å². The minimum Gasteiger partial charge on any atom is -0.370 e. The van der Waals surface area contributed by atoms with Crippen LogP contribution in [0.3, 0.4) is 0 Å². The average molecular weight is 378 g/mol. The third kappa shape index (κ3) is 6.29. The van der Waals surface area contributed by atoms with E-state index in [0.717, 1.165) is 19.4 Å². The maximum Gasteiger partial charge on any atom is 0.130 e. The predicted octanol–water partition coefficient (Wildman–Crippen LogP) is 6.21. The molecule has 2 rings (SSSR count). The number of rotatable bonds is 12. The third-order valence-electron chi connectivity index (χ3n) is 6.03. The summed E-state index contributed by atoms with van der Waals surface area (Å²) < 4.78 is 20.9. The van der Waals surface area contributed by atoms with Gasteiger partial charge in [0.05, 0.1) is 0 Å². The van der Waals surface area contributed by atoms with E-state index in [1.807, 2.05) is 0 Å². The Bertz CT molecular complexity index is 563. The zero-order valence-corrected chi connectivity index (χ0v) is 18.2. The SMILES string of the molecule is CCC[C@H](C1=C[C@H]1C)C(C)C1=C[C@@H](CC)C(OCCCNC(C)C)C(F)=C1. The Labute approximate surface area is 166 Å². The van der Waals surface area contributed by atoms with E-state index in [1.165, 1.54) is 18.4 Å². The van der Waals surface area contributed by atoms with Gasteiger partial charge in [-0.15, -0.1) is 0 Å². The standard InChI is InChI=1S/C24H40FNO/c1-7-10-21(22-13-17(22)5)18(6)20-14-19(8-2)24(23(25)15-20)27-12-9-11-26-16(3)4/h13-19,21,24,26H,7-12H2,1-6H3/t17-,18?,19-,21+,24?/m1/s1. The number of nitrogens with one attached hydrogen (secondary N) is 1. The smallest absolute Gasteiger partial charge is 0.130 e. The molecule has 0 saturated heterocycles. The highest BCUT2D eigenvalue weighted by atomic mass is 19.1. The van der Waals surface area contributed by atoms with E-state index in [9.17, 15) is 4.39 Å². The Hall–Kier alpha value is -0.930. The minimum absolute atomic E-state index is 0.0870. The molecular formula is C24H40FNO. The van der Waals surface area contributed by atoms with E-state index in [1.54, 1.807) is 11.6 Å². The first-order valence-corrected chi connectivity index (χ1v) is 11.0. The molecule has 0 radical (unpaired) electrons. The molecule has 0 bridgehead atoms. The lowest BCUT2D eigenvalue weighted by atomic mass is 9.77. The monoisotopic (exact) mass is 377 g/mol. The van der Waals surface area contributed by atoms with Crippen LogP contribution < -0.4 is 5.32 Å². The van der Waals surface area contributed by atoms with Crippen LogP contribution in [0.2, 0.25) is 0 Å². The third-order valence-corrected chi connectivity index (χ3v) is 6.03. The van der Waals surface area contributed by atoms with Crippen LogP contribution in [-0.2, 0) is 4.74 Å². The molecule has 0 spiro atoms. The van der Waals surface area contributed by atoms with Crippen molar-refractivity contribution in [3.63, 3.8) is 0 Å². The van der Waals surface area contributed by atoms with Gasteiger partial charge in [-0.05, 0) is 55.2 Å². The average Bonchev–Trinajstić information content (AvgIpc) is 3.35. The summed E-state index contributed by atoms with van der Waals surface area (Å²) in [5.41, 5.74) is 2.74. The highest BCUT2D eigenvalue weighted by Crippen LogP contribution is 2.45. The second kappa shape index (κ2) is 10.6. The highest BCUT2D eigenvalue weighted by Gasteiger charge is 2.35. The second-order valence-corrected chi connectivity index (χ2v) is 8.66. The van der Waals surface area contributed by atoms with Gasteiger partial charge in [-0.25, -0.2) is 4.39 Å². The molecule has 27 heavy (non-hydrogen) atoms. The Kier molecular flexibility index (Phi) is 8.75. The molecule has 2 unspecified atom stereocenters. The topological polar surface area (TPSA) is 21.3 Å². The summed E-state index contributed by atoms with van der Waals surface area (Å²) in [6.07, 6.45) is 10.2. The molecule has 2 aliphatic rings. The highest BCUT2D eigenvalue weighted by molar-refractivity contribution is 5.37. The summed E-state index contributed by atoms with van der Waals surface area (Å²) in [6.45, 7) is 14.7. The predicted molar refractivity (Wildman–Crippen MR) is 113 cm³/mol. The number of halogens is 1. The summed E-state index contributed by atoms with van der Waals surface area (Å²) >= 11 is 0. The van der Waals surface area contributed by atoms with Crippen molar-refractivity contribution in [2.24, 2.45) is 23.7 Å². The fourth-order valence-electron chi connectivity index (χ4n) is 4.27. The molecule has 0 fully saturated rings. The molecule has 2 nitrogen and oxygen atoms in total. The maximum absolute atomic E-state index is 14.9. The minimum atomic E-state index is -0.409. The van der Waals surface area contributed by atoms with Gasteiger partial charge in [-0.3, -0.25) is 0 Å². The van der Waals surface area contributed by atoms with Crippen molar-refractivity contribution in [3.05, 3.63) is 35.2 Å². The van der Waals surface area contributed by atoms with Crippen LogP contribution in [0, 0.1) is 23.7 Å². The van der Waals surface area contributed by atoms with E-state index in [-0.39, 0.29) is 11.7 Å². The number of allylic oxidation sites excluding steroid dienone is 4. The number of hydrogen-bond donors (Lipinski definition) is 1. The Balaban J connectivity index is 1.98. The normalized spacial score (nSPS) is 27.1. The first-order chi connectivity index (χ1) is 12.9. The van der Waals surface area contributed by atoms with E-state index in [2.05, 4.69) is 59.0 Å².